The number of halogens is 1. The average Bonchev–Trinajstić information content (AvgIpc) is 2.53. The van der Waals surface area contributed by atoms with E-state index in [1.165, 1.54) is 20.3 Å². The molecule has 0 spiro atoms. The lowest BCUT2D eigenvalue weighted by Gasteiger charge is -2.17. The van der Waals surface area contributed by atoms with Crippen molar-refractivity contribution in [1.29, 1.82) is 0 Å². The molecule has 2 rings (SSSR count). The Morgan fingerprint density at radius 1 is 1.09 bits per heavy atom. The summed E-state index contributed by atoms with van der Waals surface area (Å²) in [5.74, 6) is 0.709. The van der Waals surface area contributed by atoms with E-state index in [0.717, 1.165) is 10.0 Å². The van der Waals surface area contributed by atoms with Gasteiger partial charge in [-0.15, -0.1) is 0 Å². The van der Waals surface area contributed by atoms with Gasteiger partial charge in [-0.1, -0.05) is 28.1 Å². The van der Waals surface area contributed by atoms with E-state index in [1.807, 2.05) is 24.3 Å². The van der Waals surface area contributed by atoms with Crippen molar-refractivity contribution in [1.82, 2.24) is 4.72 Å². The van der Waals surface area contributed by atoms with E-state index in [9.17, 15) is 8.42 Å². The summed E-state index contributed by atoms with van der Waals surface area (Å²) in [4.78, 5) is 0.0428. The fourth-order valence-corrected chi connectivity index (χ4v) is 3.97. The maximum Gasteiger partial charge on any atom is 0.244 e. The van der Waals surface area contributed by atoms with E-state index in [2.05, 4.69) is 20.7 Å². The summed E-state index contributed by atoms with van der Waals surface area (Å²) in [6.45, 7) is 1.78. The average molecular weight is 400 g/mol. The number of rotatable bonds is 6. The Labute approximate surface area is 144 Å². The molecule has 0 aromatic heterocycles. The van der Waals surface area contributed by atoms with Crippen molar-refractivity contribution in [3.8, 4) is 11.5 Å². The summed E-state index contributed by atoms with van der Waals surface area (Å²) in [6.07, 6.45) is 0. The maximum absolute atomic E-state index is 12.7. The Morgan fingerprint density at radius 3 is 2.43 bits per heavy atom. The van der Waals surface area contributed by atoms with Gasteiger partial charge in [-0.05, 0) is 36.8 Å². The number of sulfonamides is 1. The molecule has 2 aromatic rings. The zero-order valence-electron chi connectivity index (χ0n) is 13.0. The number of benzene rings is 2. The first-order valence-electron chi connectivity index (χ1n) is 6.87. The molecule has 0 aliphatic carbocycles. The molecule has 0 saturated heterocycles. The lowest BCUT2D eigenvalue weighted by Crippen LogP contribution is -2.27. The second-order valence-corrected chi connectivity index (χ2v) is 7.51. The zero-order chi connectivity index (χ0) is 17.0. The maximum atomic E-state index is 12.7. The molecule has 0 heterocycles. The van der Waals surface area contributed by atoms with Crippen LogP contribution in [0.25, 0.3) is 0 Å². The monoisotopic (exact) mass is 399 g/mol. The fraction of sp³-hybridized carbons (Fsp3) is 0.250. The van der Waals surface area contributed by atoms with Gasteiger partial charge in [-0.3, -0.25) is 0 Å². The second kappa shape index (κ2) is 7.33. The molecule has 1 N–H and O–H groups in total. The molecule has 0 amide bonds. The molecule has 5 nitrogen and oxygen atoms in total. The van der Waals surface area contributed by atoms with Gasteiger partial charge < -0.3 is 9.47 Å². The highest BCUT2D eigenvalue weighted by Crippen LogP contribution is 2.29. The molecule has 0 bridgehead atoms. The number of ether oxygens (including phenoxy) is 2. The summed E-state index contributed by atoms with van der Waals surface area (Å²) < 4.78 is 39.2. The number of nitrogens with one attached hydrogen (secondary N) is 1. The van der Waals surface area contributed by atoms with Crippen molar-refractivity contribution >= 4 is 26.0 Å². The molecular weight excluding hydrogens is 382 g/mol. The van der Waals surface area contributed by atoms with Crippen LogP contribution < -0.4 is 14.2 Å². The van der Waals surface area contributed by atoms with Crippen LogP contribution in [-0.2, 0) is 10.0 Å². The SMILES string of the molecule is COc1ccc(OC)c(S(=O)(=O)N[C@@H](C)c2cccc(Br)c2)c1. The van der Waals surface area contributed by atoms with Gasteiger partial charge in [-0.2, -0.15) is 0 Å². The highest BCUT2D eigenvalue weighted by atomic mass is 79.9. The first-order chi connectivity index (χ1) is 10.9. The third-order valence-corrected chi connectivity index (χ3v) is 5.40. The van der Waals surface area contributed by atoms with Crippen molar-refractivity contribution in [3.05, 3.63) is 52.5 Å². The van der Waals surface area contributed by atoms with Crippen molar-refractivity contribution < 1.29 is 17.9 Å². The Balaban J connectivity index is 2.35. The van der Waals surface area contributed by atoms with Gasteiger partial charge in [-0.25, -0.2) is 13.1 Å². The predicted octanol–water partition coefficient (Wildman–Crippen LogP) is 3.51. The van der Waals surface area contributed by atoms with Gasteiger partial charge in [0, 0.05) is 16.6 Å². The molecule has 124 valence electrons. The standard InChI is InChI=1S/C16H18BrNO4S/c1-11(12-5-4-6-13(17)9-12)18-23(19,20)16-10-14(21-2)7-8-15(16)22-3/h4-11,18H,1-3H3/t11-/m0/s1. The van der Waals surface area contributed by atoms with E-state index in [4.69, 9.17) is 9.47 Å². The first kappa shape index (κ1) is 17.8. The highest BCUT2D eigenvalue weighted by Gasteiger charge is 2.23. The summed E-state index contributed by atoms with van der Waals surface area (Å²) in [5, 5.41) is 0. The highest BCUT2D eigenvalue weighted by molar-refractivity contribution is 9.10. The largest absolute Gasteiger partial charge is 0.497 e. The van der Waals surface area contributed by atoms with Crippen LogP contribution in [0.3, 0.4) is 0 Å². The van der Waals surface area contributed by atoms with Crippen LogP contribution in [0.5, 0.6) is 11.5 Å². The Hall–Kier alpha value is -1.57. The molecule has 0 aliphatic heterocycles. The molecule has 1 atom stereocenters. The van der Waals surface area contributed by atoms with E-state index in [-0.39, 0.29) is 10.6 Å². The quantitative estimate of drug-likeness (QED) is 0.806. The van der Waals surface area contributed by atoms with Crippen LogP contribution in [0, 0.1) is 0 Å². The fourth-order valence-electron chi connectivity index (χ4n) is 2.13. The summed E-state index contributed by atoms with van der Waals surface area (Å²) >= 11 is 3.38. The van der Waals surface area contributed by atoms with Gasteiger partial charge in [0.1, 0.15) is 16.4 Å². The Morgan fingerprint density at radius 2 is 1.83 bits per heavy atom. The van der Waals surface area contributed by atoms with Gasteiger partial charge in [0.2, 0.25) is 10.0 Å². The molecule has 0 aliphatic rings. The van der Waals surface area contributed by atoms with E-state index in [0.29, 0.717) is 5.75 Å². The van der Waals surface area contributed by atoms with E-state index < -0.39 is 16.1 Å². The first-order valence-corrected chi connectivity index (χ1v) is 9.15. The molecule has 0 saturated carbocycles. The smallest absolute Gasteiger partial charge is 0.244 e. The normalized spacial score (nSPS) is 12.7. The van der Waals surface area contributed by atoms with E-state index in [1.54, 1.807) is 19.1 Å². The van der Waals surface area contributed by atoms with Crippen LogP contribution >= 0.6 is 15.9 Å². The van der Waals surface area contributed by atoms with Gasteiger partial charge in [0.05, 0.1) is 14.2 Å². The van der Waals surface area contributed by atoms with Gasteiger partial charge in [0.15, 0.2) is 0 Å². The van der Waals surface area contributed by atoms with Crippen molar-refractivity contribution in [2.24, 2.45) is 0 Å². The van der Waals surface area contributed by atoms with Crippen LogP contribution in [0.4, 0.5) is 0 Å². The number of hydrogen-bond donors (Lipinski definition) is 1. The molecular formula is C16H18BrNO4S. The lowest BCUT2D eigenvalue weighted by molar-refractivity contribution is 0.391. The van der Waals surface area contributed by atoms with Crippen molar-refractivity contribution in [2.45, 2.75) is 17.9 Å². The topological polar surface area (TPSA) is 64.6 Å². The Bertz CT molecular complexity index is 792. The molecule has 0 fully saturated rings. The summed E-state index contributed by atoms with van der Waals surface area (Å²) in [7, 11) is -0.855. The third-order valence-electron chi connectivity index (χ3n) is 3.34. The molecule has 0 radical (unpaired) electrons. The third kappa shape index (κ3) is 4.25. The minimum Gasteiger partial charge on any atom is -0.497 e. The summed E-state index contributed by atoms with van der Waals surface area (Å²) in [6, 6.07) is 11.7. The summed E-state index contributed by atoms with van der Waals surface area (Å²) in [5.41, 5.74) is 0.852. The van der Waals surface area contributed by atoms with Crippen LogP contribution in [0.15, 0.2) is 51.8 Å². The van der Waals surface area contributed by atoms with Crippen molar-refractivity contribution in [2.75, 3.05) is 14.2 Å². The molecule has 23 heavy (non-hydrogen) atoms. The van der Waals surface area contributed by atoms with Gasteiger partial charge in [0.25, 0.3) is 0 Å². The molecule has 2 aromatic carbocycles. The van der Waals surface area contributed by atoms with E-state index >= 15 is 0 Å². The molecule has 7 heteroatoms. The van der Waals surface area contributed by atoms with Gasteiger partial charge >= 0.3 is 0 Å². The minimum atomic E-state index is -3.77. The van der Waals surface area contributed by atoms with Crippen LogP contribution in [-0.4, -0.2) is 22.6 Å². The van der Waals surface area contributed by atoms with Crippen molar-refractivity contribution in [3.63, 3.8) is 0 Å². The second-order valence-electron chi connectivity index (χ2n) is 4.91. The number of hydrogen-bond acceptors (Lipinski definition) is 4. The zero-order valence-corrected chi connectivity index (χ0v) is 15.4. The molecule has 0 unspecified atom stereocenters. The van der Waals surface area contributed by atoms with Crippen LogP contribution in [0.1, 0.15) is 18.5 Å². The Kier molecular flexibility index (Phi) is 5.67. The lowest BCUT2D eigenvalue weighted by atomic mass is 10.1. The van der Waals surface area contributed by atoms with Crippen LogP contribution in [0.2, 0.25) is 0 Å². The minimum absolute atomic E-state index is 0.0428. The predicted molar refractivity (Wildman–Crippen MR) is 92.4 cm³/mol. The number of methoxy groups -OCH3 is 2.